The topological polar surface area (TPSA) is 70.6 Å². The molecule has 4 N–H and O–H groups in total. The van der Waals surface area contributed by atoms with Gasteiger partial charge in [0.2, 0.25) is 0 Å². The number of hydrogen-bond acceptors (Lipinski definition) is 3. The van der Waals surface area contributed by atoms with Gasteiger partial charge in [-0.05, 0) is 25.7 Å². The van der Waals surface area contributed by atoms with E-state index in [4.69, 9.17) is 10.9 Å². The Bertz CT molecular complexity index is 192. The van der Waals surface area contributed by atoms with E-state index in [1.807, 2.05) is 6.92 Å². The molecular weight excluding hydrogens is 190 g/mol. The van der Waals surface area contributed by atoms with E-state index < -0.39 is 0 Å². The summed E-state index contributed by atoms with van der Waals surface area (Å²) in [5, 5.41) is 14.9. The van der Waals surface area contributed by atoms with Crippen molar-refractivity contribution in [2.45, 2.75) is 46.6 Å². The number of oxime groups is 1. The van der Waals surface area contributed by atoms with Crippen molar-refractivity contribution in [1.82, 2.24) is 5.32 Å². The highest BCUT2D eigenvalue weighted by Gasteiger charge is 2.09. The summed E-state index contributed by atoms with van der Waals surface area (Å²) in [6, 6.07) is 0.487. The quantitative estimate of drug-likeness (QED) is 0.262. The van der Waals surface area contributed by atoms with Gasteiger partial charge in [-0.15, -0.1) is 0 Å². The summed E-state index contributed by atoms with van der Waals surface area (Å²) < 4.78 is 0. The molecule has 0 aromatic carbocycles. The summed E-state index contributed by atoms with van der Waals surface area (Å²) in [5.41, 5.74) is 5.48. The maximum atomic E-state index is 8.48. The van der Waals surface area contributed by atoms with Crippen LogP contribution in [-0.2, 0) is 0 Å². The molecule has 0 saturated heterocycles. The molecule has 0 saturated carbocycles. The van der Waals surface area contributed by atoms with Crippen LogP contribution in [0.15, 0.2) is 5.16 Å². The molecule has 2 atom stereocenters. The Morgan fingerprint density at radius 1 is 1.27 bits per heavy atom. The molecule has 0 bridgehead atoms. The van der Waals surface area contributed by atoms with Crippen molar-refractivity contribution in [1.29, 1.82) is 0 Å². The third-order valence-corrected chi connectivity index (χ3v) is 2.57. The van der Waals surface area contributed by atoms with Gasteiger partial charge in [-0.1, -0.05) is 25.9 Å². The molecule has 0 amide bonds. The Balaban J connectivity index is 3.66. The van der Waals surface area contributed by atoms with Crippen LogP contribution in [0.25, 0.3) is 0 Å². The second-order valence-electron chi connectivity index (χ2n) is 4.71. The van der Waals surface area contributed by atoms with Crippen LogP contribution in [0.1, 0.15) is 40.5 Å². The van der Waals surface area contributed by atoms with Crippen LogP contribution in [0, 0.1) is 11.8 Å². The first kappa shape index (κ1) is 14.2. The predicted molar refractivity (Wildman–Crippen MR) is 64.1 cm³/mol. The molecule has 0 spiro atoms. The Kier molecular flexibility index (Phi) is 7.13. The summed E-state index contributed by atoms with van der Waals surface area (Å²) in [6.07, 6.45) is 2.40. The van der Waals surface area contributed by atoms with Gasteiger partial charge in [0.1, 0.15) is 5.84 Å². The van der Waals surface area contributed by atoms with Crippen LogP contribution in [-0.4, -0.2) is 23.6 Å². The summed E-state index contributed by atoms with van der Waals surface area (Å²) in [5.74, 6) is 1.12. The summed E-state index contributed by atoms with van der Waals surface area (Å²) in [6.45, 7) is 9.32. The first-order valence-corrected chi connectivity index (χ1v) is 5.68. The average molecular weight is 215 g/mol. The molecule has 0 heterocycles. The molecule has 4 heteroatoms. The fourth-order valence-corrected chi connectivity index (χ4v) is 1.27. The molecule has 0 rings (SSSR count). The van der Waals surface area contributed by atoms with Gasteiger partial charge >= 0.3 is 0 Å². The summed E-state index contributed by atoms with van der Waals surface area (Å²) in [4.78, 5) is 0. The molecule has 2 unspecified atom stereocenters. The SMILES string of the molecule is CC(C)CCC(C)NCC(C)C(N)=NO. The van der Waals surface area contributed by atoms with Crippen LogP contribution in [0.2, 0.25) is 0 Å². The number of nitrogens with two attached hydrogens (primary N) is 1. The second kappa shape index (κ2) is 7.51. The van der Waals surface area contributed by atoms with Crippen LogP contribution >= 0.6 is 0 Å². The molecule has 0 aliphatic carbocycles. The third-order valence-electron chi connectivity index (χ3n) is 2.57. The van der Waals surface area contributed by atoms with Gasteiger partial charge in [-0.2, -0.15) is 0 Å². The van der Waals surface area contributed by atoms with E-state index in [0.29, 0.717) is 11.9 Å². The highest BCUT2D eigenvalue weighted by atomic mass is 16.4. The normalized spacial score (nSPS) is 16.7. The largest absolute Gasteiger partial charge is 0.409 e. The lowest BCUT2D eigenvalue weighted by atomic mass is 10.0. The van der Waals surface area contributed by atoms with Crippen LogP contribution in [0.5, 0.6) is 0 Å². The maximum Gasteiger partial charge on any atom is 0.143 e. The van der Waals surface area contributed by atoms with Gasteiger partial charge in [0, 0.05) is 18.5 Å². The first-order chi connectivity index (χ1) is 6.97. The van der Waals surface area contributed by atoms with E-state index in [0.717, 1.165) is 12.5 Å². The van der Waals surface area contributed by atoms with Gasteiger partial charge in [-0.3, -0.25) is 0 Å². The number of nitrogens with zero attached hydrogens (tertiary/aromatic N) is 1. The minimum atomic E-state index is 0.0801. The molecule has 0 fully saturated rings. The molecule has 90 valence electrons. The molecule has 0 radical (unpaired) electrons. The van der Waals surface area contributed by atoms with Crippen molar-refractivity contribution < 1.29 is 5.21 Å². The van der Waals surface area contributed by atoms with Gasteiger partial charge in [-0.25, -0.2) is 0 Å². The number of rotatable bonds is 7. The van der Waals surface area contributed by atoms with Gasteiger partial charge in [0.25, 0.3) is 0 Å². The van der Waals surface area contributed by atoms with E-state index in [2.05, 4.69) is 31.2 Å². The lowest BCUT2D eigenvalue weighted by Gasteiger charge is -2.17. The van der Waals surface area contributed by atoms with Crippen LogP contribution in [0.4, 0.5) is 0 Å². The van der Waals surface area contributed by atoms with E-state index in [1.54, 1.807) is 0 Å². The lowest BCUT2D eigenvalue weighted by Crippen LogP contribution is -2.36. The lowest BCUT2D eigenvalue weighted by molar-refractivity contribution is 0.313. The molecule has 0 aliphatic rings. The van der Waals surface area contributed by atoms with Gasteiger partial charge in [0.05, 0.1) is 0 Å². The van der Waals surface area contributed by atoms with Crippen molar-refractivity contribution in [3.63, 3.8) is 0 Å². The van der Waals surface area contributed by atoms with E-state index >= 15 is 0 Å². The standard InChI is InChI=1S/C11H25N3O/c1-8(2)5-6-10(4)13-7-9(3)11(12)14-15/h8-10,13,15H,5-7H2,1-4H3,(H2,12,14). The van der Waals surface area contributed by atoms with Crippen LogP contribution < -0.4 is 11.1 Å². The van der Waals surface area contributed by atoms with Gasteiger partial charge in [0.15, 0.2) is 0 Å². The summed E-state index contributed by atoms with van der Waals surface area (Å²) in [7, 11) is 0. The molecule has 0 aliphatic heterocycles. The molecule has 15 heavy (non-hydrogen) atoms. The van der Waals surface area contributed by atoms with Crippen molar-refractivity contribution in [3.8, 4) is 0 Å². The average Bonchev–Trinajstić information content (AvgIpc) is 2.21. The van der Waals surface area contributed by atoms with Crippen molar-refractivity contribution >= 4 is 5.84 Å². The highest BCUT2D eigenvalue weighted by molar-refractivity contribution is 5.82. The smallest absolute Gasteiger partial charge is 0.143 e. The molecule has 0 aromatic heterocycles. The molecular formula is C11H25N3O. The molecule has 0 aromatic rings. The fourth-order valence-electron chi connectivity index (χ4n) is 1.27. The van der Waals surface area contributed by atoms with E-state index in [-0.39, 0.29) is 5.92 Å². The monoisotopic (exact) mass is 215 g/mol. The zero-order valence-corrected chi connectivity index (χ0v) is 10.3. The fraction of sp³-hybridized carbons (Fsp3) is 0.909. The van der Waals surface area contributed by atoms with Crippen molar-refractivity contribution in [2.24, 2.45) is 22.7 Å². The number of hydrogen-bond donors (Lipinski definition) is 3. The second-order valence-corrected chi connectivity index (χ2v) is 4.71. The predicted octanol–water partition coefficient (Wildman–Crippen LogP) is 1.78. The van der Waals surface area contributed by atoms with Crippen molar-refractivity contribution in [2.75, 3.05) is 6.54 Å². The Morgan fingerprint density at radius 2 is 1.87 bits per heavy atom. The van der Waals surface area contributed by atoms with Crippen molar-refractivity contribution in [3.05, 3.63) is 0 Å². The Hall–Kier alpha value is -0.770. The van der Waals surface area contributed by atoms with E-state index in [1.165, 1.54) is 12.8 Å². The minimum Gasteiger partial charge on any atom is -0.409 e. The highest BCUT2D eigenvalue weighted by Crippen LogP contribution is 2.06. The Labute approximate surface area is 92.9 Å². The number of amidine groups is 1. The Morgan fingerprint density at radius 3 is 2.33 bits per heavy atom. The summed E-state index contributed by atoms with van der Waals surface area (Å²) >= 11 is 0. The minimum absolute atomic E-state index is 0.0801. The van der Waals surface area contributed by atoms with Crippen LogP contribution in [0.3, 0.4) is 0 Å². The first-order valence-electron chi connectivity index (χ1n) is 5.68. The zero-order chi connectivity index (χ0) is 11.8. The zero-order valence-electron chi connectivity index (χ0n) is 10.3. The van der Waals surface area contributed by atoms with Gasteiger partial charge < -0.3 is 16.3 Å². The maximum absolute atomic E-state index is 8.48. The van der Waals surface area contributed by atoms with E-state index in [9.17, 15) is 0 Å². The third kappa shape index (κ3) is 7.19. The number of nitrogens with one attached hydrogen (secondary N) is 1. The molecule has 4 nitrogen and oxygen atoms in total.